The molecular weight excluding hydrogens is 222 g/mol. The van der Waals surface area contributed by atoms with Gasteiger partial charge in [0.05, 0.1) is 0 Å². The molecule has 0 radical (unpaired) electrons. The molecule has 2 rings (SSSR count). The standard InChI is InChI=1S/C16H25NO/c1-11-7-6-8-12(14(11)18)9-17-10-13-15(2,3)16(13,4)5/h6-8,13,17-18H,9-10H2,1-5H3. The topological polar surface area (TPSA) is 32.3 Å². The van der Waals surface area contributed by atoms with E-state index in [1.54, 1.807) is 0 Å². The van der Waals surface area contributed by atoms with Crippen molar-refractivity contribution in [1.82, 2.24) is 5.32 Å². The maximum absolute atomic E-state index is 9.94. The van der Waals surface area contributed by atoms with E-state index in [9.17, 15) is 5.11 Å². The van der Waals surface area contributed by atoms with Crippen molar-refractivity contribution >= 4 is 0 Å². The molecule has 0 aromatic heterocycles. The molecule has 0 bridgehead atoms. The quantitative estimate of drug-likeness (QED) is 0.854. The molecule has 1 aromatic carbocycles. The van der Waals surface area contributed by atoms with E-state index in [1.165, 1.54) is 0 Å². The van der Waals surface area contributed by atoms with Gasteiger partial charge in [0.1, 0.15) is 5.75 Å². The van der Waals surface area contributed by atoms with Gasteiger partial charge in [-0.05, 0) is 35.8 Å². The summed E-state index contributed by atoms with van der Waals surface area (Å²) in [6, 6.07) is 5.92. The third-order valence-corrected chi connectivity index (χ3v) is 5.30. The zero-order valence-electron chi connectivity index (χ0n) is 12.2. The van der Waals surface area contributed by atoms with Gasteiger partial charge in [0.2, 0.25) is 0 Å². The Hall–Kier alpha value is -1.02. The summed E-state index contributed by atoms with van der Waals surface area (Å²) in [5.74, 6) is 1.15. The summed E-state index contributed by atoms with van der Waals surface area (Å²) in [4.78, 5) is 0. The van der Waals surface area contributed by atoms with Gasteiger partial charge in [-0.3, -0.25) is 0 Å². The van der Waals surface area contributed by atoms with Crippen LogP contribution in [-0.2, 0) is 6.54 Å². The normalized spacial score (nSPS) is 20.9. The second kappa shape index (κ2) is 4.27. The second-order valence-electron chi connectivity index (χ2n) is 6.71. The SMILES string of the molecule is Cc1cccc(CNCC2C(C)(C)C2(C)C)c1O. The number of rotatable bonds is 4. The van der Waals surface area contributed by atoms with E-state index >= 15 is 0 Å². The molecule has 0 aliphatic heterocycles. The van der Waals surface area contributed by atoms with Crippen molar-refractivity contribution in [3.63, 3.8) is 0 Å². The van der Waals surface area contributed by atoms with Crippen molar-refractivity contribution in [3.05, 3.63) is 29.3 Å². The first-order chi connectivity index (χ1) is 8.28. The number of hydrogen-bond acceptors (Lipinski definition) is 2. The molecular formula is C16H25NO. The Morgan fingerprint density at radius 2 is 1.78 bits per heavy atom. The van der Waals surface area contributed by atoms with Crippen LogP contribution < -0.4 is 5.32 Å². The average Bonchev–Trinajstić information content (AvgIpc) is 2.66. The molecule has 2 heteroatoms. The smallest absolute Gasteiger partial charge is 0.122 e. The number of benzene rings is 1. The van der Waals surface area contributed by atoms with Crippen LogP contribution in [0.4, 0.5) is 0 Å². The fourth-order valence-electron chi connectivity index (χ4n) is 3.06. The Morgan fingerprint density at radius 3 is 2.33 bits per heavy atom. The van der Waals surface area contributed by atoms with Gasteiger partial charge in [0, 0.05) is 12.1 Å². The lowest BCUT2D eigenvalue weighted by atomic mass is 10.0. The van der Waals surface area contributed by atoms with Crippen LogP contribution in [0.15, 0.2) is 18.2 Å². The number of para-hydroxylation sites is 1. The van der Waals surface area contributed by atoms with Crippen molar-refractivity contribution in [3.8, 4) is 5.75 Å². The fourth-order valence-corrected chi connectivity index (χ4v) is 3.06. The number of aryl methyl sites for hydroxylation is 1. The molecule has 1 aliphatic carbocycles. The van der Waals surface area contributed by atoms with Crippen LogP contribution in [-0.4, -0.2) is 11.7 Å². The summed E-state index contributed by atoms with van der Waals surface area (Å²) < 4.78 is 0. The van der Waals surface area contributed by atoms with Crippen molar-refractivity contribution in [2.24, 2.45) is 16.7 Å². The highest BCUT2D eigenvalue weighted by Crippen LogP contribution is 2.67. The number of aromatic hydroxyl groups is 1. The molecule has 2 N–H and O–H groups in total. The molecule has 2 nitrogen and oxygen atoms in total. The molecule has 0 unspecified atom stereocenters. The van der Waals surface area contributed by atoms with E-state index in [0.29, 0.717) is 16.6 Å². The van der Waals surface area contributed by atoms with E-state index in [4.69, 9.17) is 0 Å². The number of phenols is 1. The molecule has 1 aliphatic rings. The fraction of sp³-hybridized carbons (Fsp3) is 0.625. The van der Waals surface area contributed by atoms with Gasteiger partial charge in [-0.1, -0.05) is 45.9 Å². The first-order valence-electron chi connectivity index (χ1n) is 6.76. The third-order valence-electron chi connectivity index (χ3n) is 5.30. The molecule has 0 spiro atoms. The Labute approximate surface area is 110 Å². The summed E-state index contributed by atoms with van der Waals surface area (Å²) in [5.41, 5.74) is 2.79. The largest absolute Gasteiger partial charge is 0.507 e. The predicted octanol–water partition coefficient (Wildman–Crippen LogP) is 3.47. The van der Waals surface area contributed by atoms with E-state index < -0.39 is 0 Å². The minimum atomic E-state index is 0.425. The average molecular weight is 247 g/mol. The lowest BCUT2D eigenvalue weighted by Gasteiger charge is -2.09. The van der Waals surface area contributed by atoms with Crippen molar-refractivity contribution in [2.45, 2.75) is 41.2 Å². The van der Waals surface area contributed by atoms with Gasteiger partial charge < -0.3 is 10.4 Å². The number of nitrogens with one attached hydrogen (secondary N) is 1. The molecule has 1 fully saturated rings. The van der Waals surface area contributed by atoms with E-state index in [-0.39, 0.29) is 0 Å². The van der Waals surface area contributed by atoms with Crippen molar-refractivity contribution in [2.75, 3.05) is 6.54 Å². The number of hydrogen-bond donors (Lipinski definition) is 2. The van der Waals surface area contributed by atoms with Crippen LogP contribution in [0.25, 0.3) is 0 Å². The molecule has 0 heterocycles. The van der Waals surface area contributed by atoms with Gasteiger partial charge in [0.15, 0.2) is 0 Å². The minimum Gasteiger partial charge on any atom is -0.507 e. The third kappa shape index (κ3) is 2.03. The molecule has 0 amide bonds. The predicted molar refractivity (Wildman–Crippen MR) is 75.6 cm³/mol. The number of phenolic OH excluding ortho intramolecular Hbond substituents is 1. The highest BCUT2D eigenvalue weighted by Gasteiger charge is 2.63. The van der Waals surface area contributed by atoms with Gasteiger partial charge in [-0.15, -0.1) is 0 Å². The van der Waals surface area contributed by atoms with E-state index in [2.05, 4.69) is 33.0 Å². The van der Waals surface area contributed by atoms with Crippen LogP contribution in [0.3, 0.4) is 0 Å². The molecule has 1 aromatic rings. The lowest BCUT2D eigenvalue weighted by Crippen LogP contribution is -2.19. The van der Waals surface area contributed by atoms with Crippen LogP contribution in [0.1, 0.15) is 38.8 Å². The molecule has 0 atom stereocenters. The maximum atomic E-state index is 9.94. The van der Waals surface area contributed by atoms with Gasteiger partial charge in [0.25, 0.3) is 0 Å². The molecule has 100 valence electrons. The summed E-state index contributed by atoms with van der Waals surface area (Å²) in [7, 11) is 0. The zero-order chi connectivity index (χ0) is 13.6. The van der Waals surface area contributed by atoms with Gasteiger partial charge in [-0.2, -0.15) is 0 Å². The Morgan fingerprint density at radius 1 is 1.17 bits per heavy atom. The minimum absolute atomic E-state index is 0.425. The lowest BCUT2D eigenvalue weighted by molar-refractivity contribution is 0.457. The van der Waals surface area contributed by atoms with Crippen LogP contribution in [0.5, 0.6) is 5.75 Å². The van der Waals surface area contributed by atoms with E-state index in [0.717, 1.165) is 30.1 Å². The first kappa shape index (κ1) is 13.4. The molecule has 1 saturated carbocycles. The highest BCUT2D eigenvalue weighted by molar-refractivity contribution is 5.39. The summed E-state index contributed by atoms with van der Waals surface area (Å²) >= 11 is 0. The Balaban J connectivity index is 1.89. The van der Waals surface area contributed by atoms with Crippen LogP contribution in [0, 0.1) is 23.7 Å². The first-order valence-corrected chi connectivity index (χ1v) is 6.76. The van der Waals surface area contributed by atoms with Crippen molar-refractivity contribution in [1.29, 1.82) is 0 Å². The van der Waals surface area contributed by atoms with E-state index in [1.807, 2.05) is 25.1 Å². The summed E-state index contributed by atoms with van der Waals surface area (Å²) in [5, 5.41) is 13.4. The van der Waals surface area contributed by atoms with Crippen molar-refractivity contribution < 1.29 is 5.11 Å². The monoisotopic (exact) mass is 247 g/mol. The second-order valence-corrected chi connectivity index (χ2v) is 6.71. The zero-order valence-corrected chi connectivity index (χ0v) is 12.2. The maximum Gasteiger partial charge on any atom is 0.122 e. The van der Waals surface area contributed by atoms with Gasteiger partial charge >= 0.3 is 0 Å². The Bertz CT molecular complexity index is 434. The summed E-state index contributed by atoms with van der Waals surface area (Å²) in [6.45, 7) is 13.1. The van der Waals surface area contributed by atoms with Gasteiger partial charge in [-0.25, -0.2) is 0 Å². The summed E-state index contributed by atoms with van der Waals surface area (Å²) in [6.07, 6.45) is 0. The highest BCUT2D eigenvalue weighted by atomic mass is 16.3. The molecule has 0 saturated heterocycles. The van der Waals surface area contributed by atoms with Crippen LogP contribution >= 0.6 is 0 Å². The Kier molecular flexibility index (Phi) is 3.18. The molecule has 18 heavy (non-hydrogen) atoms. The van der Waals surface area contributed by atoms with Crippen LogP contribution in [0.2, 0.25) is 0 Å².